The fraction of sp³-hybridized carbons (Fsp3) is 0.826. The quantitative estimate of drug-likeness (QED) is 0.654. The van der Waals surface area contributed by atoms with E-state index in [4.69, 9.17) is 0 Å². The lowest BCUT2D eigenvalue weighted by Gasteiger charge is -2.48. The Bertz CT molecular complexity index is 635. The molecule has 5 nitrogen and oxygen atoms in total. The van der Waals surface area contributed by atoms with Crippen molar-refractivity contribution in [3.05, 3.63) is 22.4 Å². The van der Waals surface area contributed by atoms with Gasteiger partial charge in [-0.05, 0) is 90.8 Å². The van der Waals surface area contributed by atoms with Crippen molar-refractivity contribution >= 4 is 11.3 Å². The molecule has 2 saturated heterocycles. The predicted molar refractivity (Wildman–Crippen MR) is 119 cm³/mol. The largest absolute Gasteiger partial charge is 0.395 e. The van der Waals surface area contributed by atoms with Gasteiger partial charge in [0.1, 0.15) is 0 Å². The number of nitrogens with zero attached hydrogens (tertiary/aromatic N) is 2. The molecule has 4 atom stereocenters. The predicted octanol–water partition coefficient (Wildman–Crippen LogP) is 3.26. The van der Waals surface area contributed by atoms with Crippen LogP contribution in [-0.4, -0.2) is 74.1 Å². The lowest BCUT2D eigenvalue weighted by Crippen LogP contribution is -2.56. The van der Waals surface area contributed by atoms with E-state index in [2.05, 4.69) is 44.4 Å². The van der Waals surface area contributed by atoms with E-state index in [9.17, 15) is 15.3 Å². The Morgan fingerprint density at radius 1 is 1.17 bits per heavy atom. The van der Waals surface area contributed by atoms with Crippen molar-refractivity contribution in [2.24, 2.45) is 5.92 Å². The molecule has 3 heterocycles. The summed E-state index contributed by atoms with van der Waals surface area (Å²) < 4.78 is 0. The summed E-state index contributed by atoms with van der Waals surface area (Å²) >= 11 is 1.64. The van der Waals surface area contributed by atoms with Gasteiger partial charge in [-0.2, -0.15) is 0 Å². The molecule has 0 spiro atoms. The number of hydrogen-bond donors (Lipinski definition) is 3. The Hall–Kier alpha value is -0.500. The van der Waals surface area contributed by atoms with Gasteiger partial charge in [0.15, 0.2) is 0 Å². The Morgan fingerprint density at radius 3 is 2.34 bits per heavy atom. The third-order valence-corrected chi connectivity index (χ3v) is 8.03. The summed E-state index contributed by atoms with van der Waals surface area (Å²) in [6, 6.07) is 4.13. The van der Waals surface area contributed by atoms with Crippen LogP contribution in [0, 0.1) is 5.92 Å². The van der Waals surface area contributed by atoms with Gasteiger partial charge in [0, 0.05) is 22.0 Å². The molecule has 2 aliphatic rings. The summed E-state index contributed by atoms with van der Waals surface area (Å²) in [5.74, 6) is 0.332. The van der Waals surface area contributed by atoms with E-state index in [1.54, 1.807) is 11.3 Å². The Kier molecular flexibility index (Phi) is 7.14. The number of aliphatic hydroxyl groups is 3. The van der Waals surface area contributed by atoms with Crippen LogP contribution in [0.3, 0.4) is 0 Å². The van der Waals surface area contributed by atoms with Crippen LogP contribution >= 0.6 is 11.3 Å². The van der Waals surface area contributed by atoms with E-state index >= 15 is 0 Å². The number of aliphatic hydroxyl groups excluding tert-OH is 3. The molecule has 2 unspecified atom stereocenters. The second-order valence-corrected chi connectivity index (χ2v) is 11.6. The first-order chi connectivity index (χ1) is 13.5. The van der Waals surface area contributed by atoms with Crippen LogP contribution in [-0.2, 0) is 0 Å². The van der Waals surface area contributed by atoms with Gasteiger partial charge in [-0.3, -0.25) is 9.80 Å². The molecule has 0 aromatic carbocycles. The van der Waals surface area contributed by atoms with Gasteiger partial charge in [0.25, 0.3) is 0 Å². The Balaban J connectivity index is 1.62. The maximum Gasteiger partial charge on any atom is 0.0910 e. The zero-order valence-electron chi connectivity index (χ0n) is 18.7. The third kappa shape index (κ3) is 5.05. The van der Waals surface area contributed by atoms with Crippen molar-refractivity contribution in [1.29, 1.82) is 0 Å². The minimum absolute atomic E-state index is 0.00136. The molecule has 0 radical (unpaired) electrons. The summed E-state index contributed by atoms with van der Waals surface area (Å²) in [4.78, 5) is 5.98. The molecule has 166 valence electrons. The van der Waals surface area contributed by atoms with E-state index in [0.717, 1.165) is 43.6 Å². The van der Waals surface area contributed by atoms with Crippen molar-refractivity contribution in [3.63, 3.8) is 0 Å². The van der Waals surface area contributed by atoms with Crippen LogP contribution in [0.1, 0.15) is 71.3 Å². The summed E-state index contributed by atoms with van der Waals surface area (Å²) in [5.41, 5.74) is -0.0828. The number of hydrogen-bond acceptors (Lipinski definition) is 6. The highest BCUT2D eigenvalue weighted by Gasteiger charge is 2.47. The van der Waals surface area contributed by atoms with Gasteiger partial charge >= 0.3 is 0 Å². The van der Waals surface area contributed by atoms with Crippen LogP contribution in [0.15, 0.2) is 17.5 Å². The SMILES string of the molecule is CC(C)(C)N1C(CC(C)(C)N2CCC(C(O)c3cccs3)CC2)C[C@H](O)[C@H]1CO. The molecule has 6 heteroatoms. The first-order valence-corrected chi connectivity index (χ1v) is 12.0. The van der Waals surface area contributed by atoms with Gasteiger partial charge < -0.3 is 15.3 Å². The summed E-state index contributed by atoms with van der Waals surface area (Å²) in [5, 5.41) is 33.1. The highest BCUT2D eigenvalue weighted by Crippen LogP contribution is 2.39. The van der Waals surface area contributed by atoms with Crippen molar-refractivity contribution < 1.29 is 15.3 Å². The maximum absolute atomic E-state index is 10.7. The third-order valence-electron chi connectivity index (χ3n) is 7.08. The van der Waals surface area contributed by atoms with Crippen LogP contribution in [0.4, 0.5) is 0 Å². The zero-order valence-corrected chi connectivity index (χ0v) is 19.5. The van der Waals surface area contributed by atoms with E-state index in [1.807, 2.05) is 17.5 Å². The second kappa shape index (κ2) is 8.93. The average Bonchev–Trinajstić information content (AvgIpc) is 3.28. The number of likely N-dealkylation sites (tertiary alicyclic amines) is 2. The Morgan fingerprint density at radius 2 is 1.83 bits per heavy atom. The van der Waals surface area contributed by atoms with E-state index in [0.29, 0.717) is 5.92 Å². The second-order valence-electron chi connectivity index (χ2n) is 10.6. The molecule has 0 aliphatic carbocycles. The molecule has 0 saturated carbocycles. The molecule has 1 aromatic rings. The molecule has 3 rings (SSSR count). The molecule has 3 N–H and O–H groups in total. The lowest BCUT2D eigenvalue weighted by atomic mass is 9.85. The van der Waals surface area contributed by atoms with Gasteiger partial charge in [-0.15, -0.1) is 11.3 Å². The van der Waals surface area contributed by atoms with Crippen LogP contribution in [0.25, 0.3) is 0 Å². The zero-order chi connectivity index (χ0) is 21.4. The minimum Gasteiger partial charge on any atom is -0.395 e. The molecule has 1 aromatic heterocycles. The van der Waals surface area contributed by atoms with Crippen molar-refractivity contribution in [1.82, 2.24) is 9.80 Å². The van der Waals surface area contributed by atoms with Gasteiger partial charge in [-0.25, -0.2) is 0 Å². The number of piperidine rings is 1. The fourth-order valence-corrected chi connectivity index (χ4v) is 6.46. The maximum atomic E-state index is 10.7. The summed E-state index contributed by atoms with van der Waals surface area (Å²) in [6.45, 7) is 13.1. The van der Waals surface area contributed by atoms with E-state index in [-0.39, 0.29) is 35.9 Å². The standard InChI is InChI=1S/C23H40N2O3S/c1-22(2,3)25-17(13-19(27)18(25)15-26)14-23(4,5)24-10-8-16(9-11-24)21(28)20-7-6-12-29-20/h6-7,12,16-19,21,26-28H,8-11,13-15H2,1-5H3/t17?,18-,19+,21?/m1/s1. The molecular formula is C23H40N2O3S. The molecule has 0 bridgehead atoms. The van der Waals surface area contributed by atoms with Gasteiger partial charge in [-0.1, -0.05) is 6.07 Å². The lowest BCUT2D eigenvalue weighted by molar-refractivity contribution is -0.0151. The van der Waals surface area contributed by atoms with Crippen molar-refractivity contribution in [3.8, 4) is 0 Å². The highest BCUT2D eigenvalue weighted by molar-refractivity contribution is 7.10. The van der Waals surface area contributed by atoms with E-state index < -0.39 is 6.10 Å². The molecular weight excluding hydrogens is 384 g/mol. The number of thiophene rings is 1. The van der Waals surface area contributed by atoms with Crippen LogP contribution in [0.2, 0.25) is 0 Å². The van der Waals surface area contributed by atoms with Crippen LogP contribution in [0.5, 0.6) is 0 Å². The monoisotopic (exact) mass is 424 g/mol. The minimum atomic E-state index is -0.466. The van der Waals surface area contributed by atoms with Gasteiger partial charge in [0.05, 0.1) is 24.9 Å². The molecule has 29 heavy (non-hydrogen) atoms. The van der Waals surface area contributed by atoms with Crippen LogP contribution < -0.4 is 0 Å². The molecule has 2 aliphatic heterocycles. The smallest absolute Gasteiger partial charge is 0.0910 e. The molecule has 0 amide bonds. The highest BCUT2D eigenvalue weighted by atomic mass is 32.1. The van der Waals surface area contributed by atoms with Crippen molar-refractivity contribution in [2.45, 2.75) is 95.7 Å². The Labute approximate surface area is 180 Å². The summed E-state index contributed by atoms with van der Waals surface area (Å²) in [6.07, 6.45) is 2.91. The van der Waals surface area contributed by atoms with Gasteiger partial charge in [0.2, 0.25) is 0 Å². The first kappa shape index (κ1) is 23.2. The first-order valence-electron chi connectivity index (χ1n) is 11.1. The van der Waals surface area contributed by atoms with Crippen molar-refractivity contribution in [2.75, 3.05) is 19.7 Å². The fourth-order valence-electron chi connectivity index (χ4n) is 5.66. The average molecular weight is 425 g/mol. The number of rotatable bonds is 6. The topological polar surface area (TPSA) is 67.2 Å². The normalized spacial score (nSPS) is 29.4. The van der Waals surface area contributed by atoms with E-state index in [1.165, 1.54) is 0 Å². The summed E-state index contributed by atoms with van der Waals surface area (Å²) in [7, 11) is 0. The molecule has 2 fully saturated rings.